The van der Waals surface area contributed by atoms with Gasteiger partial charge >= 0.3 is 0 Å². The van der Waals surface area contributed by atoms with Crippen LogP contribution in [-0.4, -0.2) is 33.0 Å². The van der Waals surface area contributed by atoms with E-state index in [4.69, 9.17) is 0 Å². The number of hydrogen-bond donors (Lipinski definition) is 0. The Hall–Kier alpha value is -1.98. The van der Waals surface area contributed by atoms with E-state index < -0.39 is 0 Å². The van der Waals surface area contributed by atoms with Crippen molar-refractivity contribution in [2.45, 2.75) is 26.4 Å². The highest BCUT2D eigenvalue weighted by Crippen LogP contribution is 2.14. The van der Waals surface area contributed by atoms with Crippen molar-refractivity contribution >= 4 is 11.3 Å². The molecule has 3 aromatic rings. The number of aromatic nitrogens is 3. The lowest BCUT2D eigenvalue weighted by atomic mass is 10.2. The first-order valence-electron chi connectivity index (χ1n) is 7.84. The highest BCUT2D eigenvalue weighted by molar-refractivity contribution is 7.09. The molecule has 0 spiro atoms. The second-order valence-electron chi connectivity index (χ2n) is 5.81. The monoisotopic (exact) mass is 326 g/mol. The van der Waals surface area contributed by atoms with Gasteiger partial charge in [-0.2, -0.15) is 0 Å². The van der Waals surface area contributed by atoms with Gasteiger partial charge in [-0.25, -0.2) is 9.97 Å². The highest BCUT2D eigenvalue weighted by atomic mass is 32.1. The summed E-state index contributed by atoms with van der Waals surface area (Å²) in [6.45, 7) is 4.83. The number of imidazole rings is 1. The predicted molar refractivity (Wildman–Crippen MR) is 94.7 cm³/mol. The van der Waals surface area contributed by atoms with Gasteiger partial charge in [-0.15, -0.1) is 11.3 Å². The lowest BCUT2D eigenvalue weighted by Gasteiger charge is -2.17. The van der Waals surface area contributed by atoms with E-state index in [-0.39, 0.29) is 0 Å². The molecule has 0 aliphatic carbocycles. The third-order valence-corrected chi connectivity index (χ3v) is 4.97. The Morgan fingerprint density at radius 1 is 1.17 bits per heavy atom. The topological polar surface area (TPSA) is 34.0 Å². The van der Waals surface area contributed by atoms with E-state index in [9.17, 15) is 0 Å². The first-order valence-corrected chi connectivity index (χ1v) is 8.72. The van der Waals surface area contributed by atoms with Gasteiger partial charge in [-0.1, -0.05) is 30.3 Å². The molecule has 1 aromatic carbocycles. The third-order valence-electron chi connectivity index (χ3n) is 3.97. The molecule has 4 nitrogen and oxygen atoms in total. The molecular formula is C18H22N4S. The molecule has 5 heteroatoms. The second kappa shape index (κ2) is 7.53. The summed E-state index contributed by atoms with van der Waals surface area (Å²) in [4.78, 5) is 12.5. The van der Waals surface area contributed by atoms with Crippen molar-refractivity contribution in [1.82, 2.24) is 19.4 Å². The minimum atomic E-state index is 0.859. The summed E-state index contributed by atoms with van der Waals surface area (Å²) in [6, 6.07) is 10.5. The first kappa shape index (κ1) is 15.9. The van der Waals surface area contributed by atoms with Crippen LogP contribution in [0, 0.1) is 6.92 Å². The fourth-order valence-corrected chi connectivity index (χ4v) is 3.37. The number of likely N-dealkylation sites (N-methyl/N-ethyl adjacent to an activating group) is 1. The molecule has 0 atom stereocenters. The second-order valence-corrected chi connectivity index (χ2v) is 6.75. The molecule has 0 amide bonds. The van der Waals surface area contributed by atoms with Gasteiger partial charge in [0.1, 0.15) is 5.82 Å². The molecule has 2 aromatic heterocycles. The zero-order valence-electron chi connectivity index (χ0n) is 13.6. The molecule has 0 aliphatic heterocycles. The maximum absolute atomic E-state index is 4.53. The van der Waals surface area contributed by atoms with Crippen LogP contribution in [0.1, 0.15) is 22.0 Å². The van der Waals surface area contributed by atoms with Gasteiger partial charge in [0.2, 0.25) is 0 Å². The number of nitrogens with zero attached hydrogens (tertiary/aromatic N) is 4. The Morgan fingerprint density at radius 3 is 2.74 bits per heavy atom. The number of benzene rings is 1. The van der Waals surface area contributed by atoms with Crippen LogP contribution in [0.25, 0.3) is 0 Å². The number of thiazole rings is 1. The molecule has 0 aliphatic rings. The zero-order chi connectivity index (χ0) is 16.1. The molecule has 0 saturated heterocycles. The van der Waals surface area contributed by atoms with Crippen LogP contribution in [0.5, 0.6) is 0 Å². The molecule has 0 bridgehead atoms. The van der Waals surface area contributed by atoms with Crippen LogP contribution in [0.2, 0.25) is 0 Å². The van der Waals surface area contributed by atoms with Gasteiger partial charge in [0, 0.05) is 30.4 Å². The van der Waals surface area contributed by atoms with Gasteiger partial charge in [0.05, 0.1) is 17.7 Å². The van der Waals surface area contributed by atoms with Gasteiger partial charge in [0.25, 0.3) is 0 Å². The average Bonchev–Trinajstić information content (AvgIpc) is 3.16. The summed E-state index contributed by atoms with van der Waals surface area (Å²) >= 11 is 1.75. The van der Waals surface area contributed by atoms with Gasteiger partial charge in [-0.05, 0) is 26.0 Å². The quantitative estimate of drug-likeness (QED) is 0.667. The van der Waals surface area contributed by atoms with E-state index in [1.165, 1.54) is 10.4 Å². The Labute approximate surface area is 141 Å². The van der Waals surface area contributed by atoms with Crippen molar-refractivity contribution in [3.05, 3.63) is 70.2 Å². The molecule has 2 heterocycles. The molecule has 0 radical (unpaired) electrons. The Morgan fingerprint density at radius 2 is 2.00 bits per heavy atom. The summed E-state index contributed by atoms with van der Waals surface area (Å²) in [6.07, 6.45) is 5.00. The van der Waals surface area contributed by atoms with E-state index >= 15 is 0 Å². The smallest absolute Gasteiger partial charge is 0.123 e. The van der Waals surface area contributed by atoms with Crippen LogP contribution in [-0.2, 0) is 19.5 Å². The summed E-state index contributed by atoms with van der Waals surface area (Å²) < 4.78 is 2.23. The maximum Gasteiger partial charge on any atom is 0.123 e. The molecule has 0 N–H and O–H groups in total. The molecule has 0 saturated carbocycles. The van der Waals surface area contributed by atoms with Crippen molar-refractivity contribution in [2.24, 2.45) is 0 Å². The van der Waals surface area contributed by atoms with Crippen LogP contribution < -0.4 is 0 Å². The Balaban J connectivity index is 1.58. The van der Waals surface area contributed by atoms with Crippen LogP contribution >= 0.6 is 11.3 Å². The summed E-state index contributed by atoms with van der Waals surface area (Å²) in [5.74, 6) is 1.11. The molecule has 0 fully saturated rings. The summed E-state index contributed by atoms with van der Waals surface area (Å²) in [7, 11) is 2.15. The summed E-state index contributed by atoms with van der Waals surface area (Å²) in [5.41, 5.74) is 4.39. The molecular weight excluding hydrogens is 304 g/mol. The lowest BCUT2D eigenvalue weighted by molar-refractivity contribution is 0.318. The van der Waals surface area contributed by atoms with Crippen LogP contribution in [0.3, 0.4) is 0 Å². The predicted octanol–water partition coefficient (Wildman–Crippen LogP) is 3.37. The minimum Gasteiger partial charge on any atom is -0.329 e. The van der Waals surface area contributed by atoms with Crippen molar-refractivity contribution in [3.63, 3.8) is 0 Å². The van der Waals surface area contributed by atoms with Crippen molar-refractivity contribution < 1.29 is 0 Å². The number of aryl methyl sites for hydroxylation is 1. The van der Waals surface area contributed by atoms with E-state index in [0.717, 1.165) is 37.6 Å². The number of hydrogen-bond acceptors (Lipinski definition) is 4. The van der Waals surface area contributed by atoms with Gasteiger partial charge in [0.15, 0.2) is 0 Å². The Bertz CT molecular complexity index is 732. The SMILES string of the molecule is Cc1ncsc1CCN(C)Cc1nccn1Cc1ccccc1. The number of rotatable bonds is 7. The highest BCUT2D eigenvalue weighted by Gasteiger charge is 2.09. The zero-order valence-corrected chi connectivity index (χ0v) is 14.5. The standard InChI is InChI=1S/C18H22N4S/c1-15-17(23-14-20-15)8-10-21(2)13-18-19-9-11-22(18)12-16-6-4-3-5-7-16/h3-7,9,11,14H,8,10,12-13H2,1-2H3. The van der Waals surface area contributed by atoms with E-state index in [2.05, 4.69) is 63.9 Å². The molecule has 23 heavy (non-hydrogen) atoms. The van der Waals surface area contributed by atoms with Gasteiger partial charge < -0.3 is 4.57 Å². The molecule has 3 rings (SSSR count). The van der Waals surface area contributed by atoms with E-state index in [1.54, 1.807) is 11.3 Å². The third kappa shape index (κ3) is 4.27. The maximum atomic E-state index is 4.53. The fraction of sp³-hybridized carbons (Fsp3) is 0.333. The normalized spacial score (nSPS) is 11.3. The largest absolute Gasteiger partial charge is 0.329 e. The Kier molecular flexibility index (Phi) is 5.20. The average molecular weight is 326 g/mol. The lowest BCUT2D eigenvalue weighted by Crippen LogP contribution is -2.23. The van der Waals surface area contributed by atoms with Gasteiger partial charge in [-0.3, -0.25) is 4.90 Å². The minimum absolute atomic E-state index is 0.859. The van der Waals surface area contributed by atoms with Crippen molar-refractivity contribution in [3.8, 4) is 0 Å². The van der Waals surface area contributed by atoms with Crippen LogP contribution in [0.15, 0.2) is 48.2 Å². The van der Waals surface area contributed by atoms with Crippen molar-refractivity contribution in [2.75, 3.05) is 13.6 Å². The fourth-order valence-electron chi connectivity index (χ4n) is 2.59. The van der Waals surface area contributed by atoms with Crippen LogP contribution in [0.4, 0.5) is 0 Å². The molecule has 0 unspecified atom stereocenters. The van der Waals surface area contributed by atoms with E-state index in [1.807, 2.05) is 17.8 Å². The van der Waals surface area contributed by atoms with E-state index in [0.29, 0.717) is 0 Å². The summed E-state index contributed by atoms with van der Waals surface area (Å²) in [5, 5.41) is 0. The van der Waals surface area contributed by atoms with Crippen molar-refractivity contribution in [1.29, 1.82) is 0 Å². The molecule has 120 valence electrons. The first-order chi connectivity index (χ1) is 11.2.